The molecule has 0 fully saturated rings. The van der Waals surface area contributed by atoms with Gasteiger partial charge in [-0.05, 0) is 51.8 Å². The molecule has 0 unspecified atom stereocenters. The zero-order valence-corrected chi connectivity index (χ0v) is 15.1. The summed E-state index contributed by atoms with van der Waals surface area (Å²) >= 11 is 0. The fraction of sp³-hybridized carbons (Fsp3) is 0.556. The summed E-state index contributed by atoms with van der Waals surface area (Å²) in [6.45, 7) is 12.7. The van der Waals surface area contributed by atoms with Crippen LogP contribution in [0.15, 0.2) is 18.2 Å². The van der Waals surface area contributed by atoms with Crippen LogP contribution in [0.25, 0.3) is 5.57 Å². The monoisotopic (exact) mass is 319 g/mol. The number of pyridine rings is 1. The van der Waals surface area contributed by atoms with Gasteiger partial charge in [0.25, 0.3) is 0 Å². The minimum atomic E-state index is -0.465. The van der Waals surface area contributed by atoms with E-state index in [4.69, 9.17) is 10.5 Å². The Bertz CT molecular complexity index is 554. The Kier molecular flexibility index (Phi) is 6.61. The molecule has 0 aliphatic carbocycles. The number of carbonyl (C=O) groups is 1. The van der Waals surface area contributed by atoms with Gasteiger partial charge in [0.2, 0.25) is 0 Å². The molecule has 0 aromatic carbocycles. The van der Waals surface area contributed by atoms with Crippen LogP contribution in [0.5, 0.6) is 0 Å². The zero-order chi connectivity index (χ0) is 17.6. The number of aryl methyl sites for hydroxylation is 1. The van der Waals surface area contributed by atoms with Crippen molar-refractivity contribution >= 4 is 17.4 Å². The molecule has 1 aliphatic heterocycles. The molecule has 2 N–H and O–H groups in total. The summed E-state index contributed by atoms with van der Waals surface area (Å²) in [7, 11) is 0. The number of anilines is 1. The molecule has 1 aromatic rings. The molecule has 1 aliphatic rings. The van der Waals surface area contributed by atoms with Gasteiger partial charge in [-0.3, -0.25) is 4.98 Å². The first-order valence-electron chi connectivity index (χ1n) is 8.16. The highest BCUT2D eigenvalue weighted by atomic mass is 16.6. The number of hydrogen-bond acceptors (Lipinski definition) is 4. The van der Waals surface area contributed by atoms with E-state index in [9.17, 15) is 4.79 Å². The quantitative estimate of drug-likeness (QED) is 0.848. The van der Waals surface area contributed by atoms with E-state index >= 15 is 0 Å². The van der Waals surface area contributed by atoms with E-state index in [1.807, 2.05) is 59.8 Å². The highest BCUT2D eigenvalue weighted by Crippen LogP contribution is 2.23. The van der Waals surface area contributed by atoms with Gasteiger partial charge in [-0.25, -0.2) is 4.79 Å². The molecular formula is C18H29N3O2. The molecule has 0 bridgehead atoms. The number of hydrogen-bond donors (Lipinski definition) is 1. The van der Waals surface area contributed by atoms with Crippen molar-refractivity contribution in [2.75, 3.05) is 18.8 Å². The van der Waals surface area contributed by atoms with E-state index in [-0.39, 0.29) is 6.09 Å². The van der Waals surface area contributed by atoms with Gasteiger partial charge >= 0.3 is 6.09 Å². The smallest absolute Gasteiger partial charge is 0.410 e. The van der Waals surface area contributed by atoms with Crippen molar-refractivity contribution in [2.45, 2.75) is 53.6 Å². The van der Waals surface area contributed by atoms with Crippen molar-refractivity contribution in [1.82, 2.24) is 9.88 Å². The Balaban J connectivity index is 0.00000127. The maximum absolute atomic E-state index is 12.0. The molecule has 0 radical (unpaired) electrons. The molecule has 0 saturated heterocycles. The summed E-state index contributed by atoms with van der Waals surface area (Å²) in [6, 6.07) is 3.72. The highest BCUT2D eigenvalue weighted by molar-refractivity contribution is 5.72. The predicted molar refractivity (Wildman–Crippen MR) is 95.1 cm³/mol. The van der Waals surface area contributed by atoms with Gasteiger partial charge in [-0.15, -0.1) is 0 Å². The van der Waals surface area contributed by atoms with Crippen molar-refractivity contribution in [3.63, 3.8) is 0 Å². The Morgan fingerprint density at radius 2 is 1.96 bits per heavy atom. The van der Waals surface area contributed by atoms with E-state index in [0.29, 0.717) is 18.8 Å². The molecule has 23 heavy (non-hydrogen) atoms. The number of nitrogens with two attached hydrogens (primary N) is 1. The number of amides is 1. The van der Waals surface area contributed by atoms with E-state index < -0.39 is 5.60 Å². The Morgan fingerprint density at radius 3 is 2.43 bits per heavy atom. The second kappa shape index (κ2) is 7.99. The van der Waals surface area contributed by atoms with Crippen molar-refractivity contribution in [1.29, 1.82) is 0 Å². The average Bonchev–Trinajstić information content (AvgIpc) is 2.47. The van der Waals surface area contributed by atoms with Crippen LogP contribution in [0.4, 0.5) is 10.5 Å². The third-order valence-corrected chi connectivity index (χ3v) is 3.17. The molecule has 2 heterocycles. The van der Waals surface area contributed by atoms with Crippen LogP contribution in [0.3, 0.4) is 0 Å². The number of ether oxygens (including phenoxy) is 1. The van der Waals surface area contributed by atoms with E-state index in [2.05, 4.69) is 4.98 Å². The summed E-state index contributed by atoms with van der Waals surface area (Å²) < 4.78 is 5.38. The van der Waals surface area contributed by atoms with Crippen LogP contribution in [0, 0.1) is 6.92 Å². The fourth-order valence-corrected chi connectivity index (χ4v) is 2.25. The summed E-state index contributed by atoms with van der Waals surface area (Å²) in [5, 5.41) is 0. The minimum absolute atomic E-state index is 0.269. The van der Waals surface area contributed by atoms with Crippen LogP contribution < -0.4 is 5.73 Å². The molecule has 0 saturated carbocycles. The van der Waals surface area contributed by atoms with Crippen LogP contribution in [0.2, 0.25) is 0 Å². The summed E-state index contributed by atoms with van der Waals surface area (Å²) in [5.41, 5.74) is 9.04. The molecule has 5 nitrogen and oxygen atoms in total. The number of aromatic nitrogens is 1. The predicted octanol–water partition coefficient (Wildman–Crippen LogP) is 4.02. The van der Waals surface area contributed by atoms with Crippen molar-refractivity contribution in [3.8, 4) is 0 Å². The van der Waals surface area contributed by atoms with Gasteiger partial charge in [0.15, 0.2) is 0 Å². The Hall–Kier alpha value is -2.04. The van der Waals surface area contributed by atoms with Crippen LogP contribution in [-0.4, -0.2) is 34.7 Å². The van der Waals surface area contributed by atoms with Crippen LogP contribution >= 0.6 is 0 Å². The molecule has 5 heteroatoms. The van der Waals surface area contributed by atoms with E-state index in [0.717, 1.165) is 23.4 Å². The molecule has 1 aromatic heterocycles. The van der Waals surface area contributed by atoms with Crippen molar-refractivity contribution in [3.05, 3.63) is 29.6 Å². The zero-order valence-electron chi connectivity index (χ0n) is 15.1. The lowest BCUT2D eigenvalue weighted by atomic mass is 10.0. The maximum Gasteiger partial charge on any atom is 0.410 e. The third kappa shape index (κ3) is 5.93. The van der Waals surface area contributed by atoms with E-state index in [1.54, 1.807) is 4.90 Å². The van der Waals surface area contributed by atoms with Crippen molar-refractivity contribution in [2.24, 2.45) is 0 Å². The van der Waals surface area contributed by atoms with E-state index in [1.165, 1.54) is 0 Å². The first-order chi connectivity index (χ1) is 10.7. The molecular weight excluding hydrogens is 290 g/mol. The fourth-order valence-electron chi connectivity index (χ4n) is 2.25. The van der Waals surface area contributed by atoms with Gasteiger partial charge in [0.1, 0.15) is 5.60 Å². The van der Waals surface area contributed by atoms with Crippen LogP contribution in [0.1, 0.15) is 52.4 Å². The molecule has 1 amide bonds. The number of nitrogens with zero attached hydrogens (tertiary/aromatic N) is 2. The Morgan fingerprint density at radius 1 is 1.30 bits per heavy atom. The first kappa shape index (κ1) is 19.0. The maximum atomic E-state index is 12.0. The largest absolute Gasteiger partial charge is 0.444 e. The van der Waals surface area contributed by atoms with Gasteiger partial charge in [-0.1, -0.05) is 19.9 Å². The molecule has 0 spiro atoms. The third-order valence-electron chi connectivity index (χ3n) is 3.17. The van der Waals surface area contributed by atoms with Crippen LogP contribution in [-0.2, 0) is 4.74 Å². The lowest BCUT2D eigenvalue weighted by molar-refractivity contribution is 0.0270. The summed E-state index contributed by atoms with van der Waals surface area (Å²) in [4.78, 5) is 18.2. The molecule has 2 rings (SSSR count). The first-order valence-corrected chi connectivity index (χ1v) is 8.16. The van der Waals surface area contributed by atoms with Gasteiger partial charge in [-0.2, -0.15) is 0 Å². The lowest BCUT2D eigenvalue weighted by Gasteiger charge is -2.29. The summed E-state index contributed by atoms with van der Waals surface area (Å²) in [5.74, 6) is 0. The topological polar surface area (TPSA) is 68.5 Å². The average molecular weight is 319 g/mol. The Labute approximate surface area is 139 Å². The standard InChI is InChI=1S/C16H23N3O2.C2H6/c1-11-9-13(17)10-14(18-11)12-5-7-19(8-6-12)15(20)21-16(2,3)4;1-2/h5,9-10H,6-8H2,1-4H3,(H2,17,18);1-2H3. The van der Waals surface area contributed by atoms with Crippen molar-refractivity contribution < 1.29 is 9.53 Å². The lowest BCUT2D eigenvalue weighted by Crippen LogP contribution is -2.39. The number of carbonyl (C=O) groups excluding carboxylic acids is 1. The summed E-state index contributed by atoms with van der Waals surface area (Å²) in [6.07, 6.45) is 2.51. The van der Waals surface area contributed by atoms with Gasteiger partial charge in [0.05, 0.1) is 5.69 Å². The highest BCUT2D eigenvalue weighted by Gasteiger charge is 2.24. The molecule has 128 valence electrons. The number of rotatable bonds is 1. The minimum Gasteiger partial charge on any atom is -0.444 e. The molecule has 0 atom stereocenters. The SMILES string of the molecule is CC.Cc1cc(N)cc(C2=CCN(C(=O)OC(C)(C)C)CC2)n1. The second-order valence-corrected chi connectivity index (χ2v) is 6.33. The second-order valence-electron chi connectivity index (χ2n) is 6.33. The normalized spacial score (nSPS) is 14.5. The van der Waals surface area contributed by atoms with Gasteiger partial charge < -0.3 is 15.4 Å². The number of nitrogen functional groups attached to an aromatic ring is 1. The van der Waals surface area contributed by atoms with Gasteiger partial charge in [0, 0.05) is 24.5 Å².